The van der Waals surface area contributed by atoms with E-state index in [2.05, 4.69) is 0 Å². The fourth-order valence-corrected chi connectivity index (χ4v) is 2.82. The molecule has 1 aliphatic heterocycles. The Morgan fingerprint density at radius 2 is 1.74 bits per heavy atom. The minimum absolute atomic E-state index is 0.0358. The van der Waals surface area contributed by atoms with E-state index in [1.807, 2.05) is 0 Å². The number of ether oxygens (including phenoxy) is 1. The van der Waals surface area contributed by atoms with Crippen LogP contribution in [0, 0.1) is 13.8 Å². The van der Waals surface area contributed by atoms with Crippen LogP contribution in [0.1, 0.15) is 39.6 Å². The number of carbonyl (C=O) groups is 1. The molecule has 3 rings (SSSR count). The van der Waals surface area contributed by atoms with E-state index >= 15 is 0 Å². The molecule has 1 aliphatic rings. The van der Waals surface area contributed by atoms with E-state index in [0.29, 0.717) is 5.56 Å². The highest BCUT2D eigenvalue weighted by Crippen LogP contribution is 2.48. The van der Waals surface area contributed by atoms with Crippen LogP contribution < -0.4 is 4.74 Å². The van der Waals surface area contributed by atoms with Crippen molar-refractivity contribution in [1.82, 2.24) is 0 Å². The molecule has 120 valence electrons. The summed E-state index contributed by atoms with van der Waals surface area (Å²) in [6.45, 7) is 3.09. The standard InChI is InChI=1S/C17H16O6/c1-7-15(21)8(2)17-14(16(7)22)12(20)6-13(23-17)10-5-9(18)3-4-11(10)19/h3-5,13,18-19,21-22H,6H2,1-2H3/t13-/m0/s1. The molecule has 0 radical (unpaired) electrons. The Balaban J connectivity index is 2.14. The summed E-state index contributed by atoms with van der Waals surface area (Å²) in [5.41, 5.74) is 0.862. The lowest BCUT2D eigenvalue weighted by atomic mass is 9.91. The topological polar surface area (TPSA) is 107 Å². The van der Waals surface area contributed by atoms with Crippen LogP contribution in [-0.4, -0.2) is 26.2 Å². The number of hydrogen-bond donors (Lipinski definition) is 4. The van der Waals surface area contributed by atoms with Gasteiger partial charge in [0.05, 0.1) is 6.42 Å². The molecule has 0 bridgehead atoms. The fraction of sp³-hybridized carbons (Fsp3) is 0.235. The summed E-state index contributed by atoms with van der Waals surface area (Å²) in [6.07, 6.45) is -0.913. The number of benzene rings is 2. The Labute approximate surface area is 132 Å². The highest BCUT2D eigenvalue weighted by molar-refractivity contribution is 6.03. The van der Waals surface area contributed by atoms with Crippen molar-refractivity contribution in [2.24, 2.45) is 0 Å². The van der Waals surface area contributed by atoms with E-state index in [4.69, 9.17) is 4.74 Å². The summed E-state index contributed by atoms with van der Waals surface area (Å²) >= 11 is 0. The van der Waals surface area contributed by atoms with Gasteiger partial charge in [-0.25, -0.2) is 0 Å². The van der Waals surface area contributed by atoms with Gasteiger partial charge < -0.3 is 25.2 Å². The van der Waals surface area contributed by atoms with E-state index in [9.17, 15) is 25.2 Å². The largest absolute Gasteiger partial charge is 0.508 e. The third-order valence-electron chi connectivity index (χ3n) is 4.14. The van der Waals surface area contributed by atoms with Crippen LogP contribution in [0.4, 0.5) is 0 Å². The first-order valence-electron chi connectivity index (χ1n) is 7.08. The zero-order chi connectivity index (χ0) is 16.9. The number of aromatic hydroxyl groups is 4. The van der Waals surface area contributed by atoms with Gasteiger partial charge in [0, 0.05) is 16.7 Å². The van der Waals surface area contributed by atoms with Gasteiger partial charge in [0.2, 0.25) is 0 Å². The molecular formula is C17H16O6. The van der Waals surface area contributed by atoms with Crippen molar-refractivity contribution in [2.75, 3.05) is 0 Å². The second-order valence-corrected chi connectivity index (χ2v) is 5.63. The molecule has 2 aromatic carbocycles. The van der Waals surface area contributed by atoms with Crippen molar-refractivity contribution in [3.63, 3.8) is 0 Å². The Morgan fingerprint density at radius 3 is 2.43 bits per heavy atom. The van der Waals surface area contributed by atoms with Gasteiger partial charge in [-0.2, -0.15) is 0 Å². The molecule has 2 aromatic rings. The van der Waals surface area contributed by atoms with E-state index < -0.39 is 6.10 Å². The van der Waals surface area contributed by atoms with Crippen molar-refractivity contribution in [3.8, 4) is 28.7 Å². The van der Waals surface area contributed by atoms with Crippen LogP contribution in [0.3, 0.4) is 0 Å². The van der Waals surface area contributed by atoms with Gasteiger partial charge in [-0.15, -0.1) is 0 Å². The second-order valence-electron chi connectivity index (χ2n) is 5.63. The summed E-state index contributed by atoms with van der Waals surface area (Å²) in [7, 11) is 0. The predicted octanol–water partition coefficient (Wildman–Crippen LogP) is 2.83. The molecule has 0 saturated heterocycles. The van der Waals surface area contributed by atoms with Gasteiger partial charge in [0.25, 0.3) is 0 Å². The van der Waals surface area contributed by atoms with Crippen molar-refractivity contribution in [3.05, 3.63) is 40.5 Å². The number of rotatable bonds is 1. The Bertz CT molecular complexity index is 825. The Morgan fingerprint density at radius 1 is 1.04 bits per heavy atom. The molecule has 0 saturated carbocycles. The first-order valence-corrected chi connectivity index (χ1v) is 7.08. The highest BCUT2D eigenvalue weighted by Gasteiger charge is 2.35. The fourth-order valence-electron chi connectivity index (χ4n) is 2.82. The molecule has 4 N–H and O–H groups in total. The normalized spacial score (nSPS) is 16.8. The molecule has 1 heterocycles. The Hall–Kier alpha value is -2.89. The lowest BCUT2D eigenvalue weighted by Gasteiger charge is -2.28. The maximum Gasteiger partial charge on any atom is 0.174 e. The van der Waals surface area contributed by atoms with E-state index in [1.165, 1.54) is 25.1 Å². The summed E-state index contributed by atoms with van der Waals surface area (Å²) in [5, 5.41) is 39.7. The quantitative estimate of drug-likeness (QED) is 0.603. The lowest BCUT2D eigenvalue weighted by Crippen LogP contribution is -2.21. The molecule has 0 aliphatic carbocycles. The lowest BCUT2D eigenvalue weighted by molar-refractivity contribution is 0.0839. The predicted molar refractivity (Wildman–Crippen MR) is 81.3 cm³/mol. The zero-order valence-corrected chi connectivity index (χ0v) is 12.6. The maximum absolute atomic E-state index is 12.4. The molecule has 0 amide bonds. The third-order valence-corrected chi connectivity index (χ3v) is 4.14. The average Bonchev–Trinajstić information content (AvgIpc) is 2.52. The highest BCUT2D eigenvalue weighted by atomic mass is 16.5. The van der Waals surface area contributed by atoms with Crippen molar-refractivity contribution in [1.29, 1.82) is 0 Å². The zero-order valence-electron chi connectivity index (χ0n) is 12.6. The number of hydrogen-bond acceptors (Lipinski definition) is 6. The first-order chi connectivity index (χ1) is 10.8. The number of phenolic OH excluding ortho intramolecular Hbond substituents is 4. The summed E-state index contributed by atoms with van der Waals surface area (Å²) in [5.74, 6) is -0.882. The number of phenols is 4. The third kappa shape index (κ3) is 2.23. The minimum Gasteiger partial charge on any atom is -0.508 e. The minimum atomic E-state index is -0.817. The van der Waals surface area contributed by atoms with Gasteiger partial charge in [-0.05, 0) is 32.0 Å². The smallest absolute Gasteiger partial charge is 0.174 e. The Kier molecular flexibility index (Phi) is 3.32. The summed E-state index contributed by atoms with van der Waals surface area (Å²) in [4.78, 5) is 12.4. The van der Waals surface area contributed by atoms with Crippen molar-refractivity contribution < 1.29 is 30.0 Å². The SMILES string of the molecule is Cc1c(O)c(C)c2c(c1O)C(=O)C[C@@H](c1cc(O)ccc1O)O2. The van der Waals surface area contributed by atoms with Gasteiger partial charge >= 0.3 is 0 Å². The van der Waals surface area contributed by atoms with Gasteiger partial charge in [0.1, 0.15) is 40.4 Å². The molecule has 0 fully saturated rings. The number of carbonyl (C=O) groups excluding carboxylic acids is 1. The monoisotopic (exact) mass is 316 g/mol. The molecule has 0 unspecified atom stereocenters. The molecule has 0 aromatic heterocycles. The average molecular weight is 316 g/mol. The van der Waals surface area contributed by atoms with Crippen molar-refractivity contribution >= 4 is 5.78 Å². The molecule has 6 heteroatoms. The van der Waals surface area contributed by atoms with Gasteiger partial charge in [-0.3, -0.25) is 4.79 Å². The molecular weight excluding hydrogens is 300 g/mol. The molecule has 6 nitrogen and oxygen atoms in total. The number of ketones is 1. The van der Waals surface area contributed by atoms with E-state index in [1.54, 1.807) is 6.92 Å². The van der Waals surface area contributed by atoms with Crippen LogP contribution in [0.5, 0.6) is 28.7 Å². The van der Waals surface area contributed by atoms with Gasteiger partial charge in [0.15, 0.2) is 5.78 Å². The summed E-state index contributed by atoms with van der Waals surface area (Å²) in [6, 6.07) is 3.95. The van der Waals surface area contributed by atoms with Crippen LogP contribution in [-0.2, 0) is 0 Å². The van der Waals surface area contributed by atoms with Crippen molar-refractivity contribution in [2.45, 2.75) is 26.4 Å². The van der Waals surface area contributed by atoms with Crippen LogP contribution in [0.2, 0.25) is 0 Å². The van der Waals surface area contributed by atoms with Crippen LogP contribution in [0.15, 0.2) is 18.2 Å². The maximum atomic E-state index is 12.4. The van der Waals surface area contributed by atoms with Crippen LogP contribution in [0.25, 0.3) is 0 Å². The molecule has 0 spiro atoms. The molecule has 23 heavy (non-hydrogen) atoms. The van der Waals surface area contributed by atoms with E-state index in [0.717, 1.165) is 0 Å². The first kappa shape index (κ1) is 15.0. The number of fused-ring (bicyclic) bond motifs is 1. The summed E-state index contributed by atoms with van der Waals surface area (Å²) < 4.78 is 5.76. The van der Waals surface area contributed by atoms with Crippen LogP contribution >= 0.6 is 0 Å². The molecule has 1 atom stereocenters. The van der Waals surface area contributed by atoms with E-state index in [-0.39, 0.29) is 57.6 Å². The second kappa shape index (κ2) is 5.08. The number of Topliss-reactive ketones (excluding diaryl/α,β-unsaturated/α-hetero) is 1. The van der Waals surface area contributed by atoms with Gasteiger partial charge in [-0.1, -0.05) is 0 Å².